The van der Waals surface area contributed by atoms with Crippen LogP contribution in [-0.2, 0) is 9.47 Å². The fraction of sp³-hybridized carbons (Fsp3) is 0.667. The lowest BCUT2D eigenvalue weighted by atomic mass is 9.83. The van der Waals surface area contributed by atoms with E-state index in [1.807, 2.05) is 6.08 Å². The van der Waals surface area contributed by atoms with Gasteiger partial charge >= 0.3 is 6.16 Å². The lowest BCUT2D eigenvalue weighted by Crippen LogP contribution is -2.49. The highest BCUT2D eigenvalue weighted by molar-refractivity contribution is 5.64. The van der Waals surface area contributed by atoms with Crippen molar-refractivity contribution >= 4 is 6.16 Å². The highest BCUT2D eigenvalue weighted by Crippen LogP contribution is 2.35. The molecule has 6 heteroatoms. The van der Waals surface area contributed by atoms with Crippen molar-refractivity contribution < 1.29 is 29.6 Å². The molecule has 0 aromatic carbocycles. The van der Waals surface area contributed by atoms with E-state index in [1.54, 1.807) is 6.08 Å². The van der Waals surface area contributed by atoms with Gasteiger partial charge < -0.3 is 24.8 Å². The molecule has 1 saturated heterocycles. The van der Waals surface area contributed by atoms with Crippen LogP contribution in [-0.4, -0.2) is 52.5 Å². The van der Waals surface area contributed by atoms with E-state index in [4.69, 9.17) is 9.47 Å². The minimum absolute atomic E-state index is 0.272. The molecule has 2 aliphatic rings. The topological polar surface area (TPSA) is 96.2 Å². The zero-order chi connectivity index (χ0) is 15.4. The SMILES string of the molecule is CCCCC/C=C/C1=C(CO)[C@H](O)[C@H](O)C2OC(=O)OC12. The maximum atomic E-state index is 11.3. The number of fused-ring (bicyclic) bond motifs is 1. The zero-order valence-electron chi connectivity index (χ0n) is 12.1. The molecular formula is C15H22O6. The average Bonchev–Trinajstić information content (AvgIpc) is 2.86. The Morgan fingerprint density at radius 1 is 1.24 bits per heavy atom. The van der Waals surface area contributed by atoms with Crippen LogP contribution in [0, 0.1) is 0 Å². The molecule has 1 aliphatic heterocycles. The molecule has 0 spiro atoms. The fourth-order valence-corrected chi connectivity index (χ4v) is 2.71. The Morgan fingerprint density at radius 2 is 2.00 bits per heavy atom. The van der Waals surface area contributed by atoms with E-state index in [2.05, 4.69) is 6.92 Å². The molecule has 21 heavy (non-hydrogen) atoms. The van der Waals surface area contributed by atoms with Gasteiger partial charge in [-0.15, -0.1) is 0 Å². The van der Waals surface area contributed by atoms with E-state index in [-0.39, 0.29) is 5.57 Å². The molecule has 6 nitrogen and oxygen atoms in total. The molecule has 1 fully saturated rings. The summed E-state index contributed by atoms with van der Waals surface area (Å²) in [6.45, 7) is 1.71. The van der Waals surface area contributed by atoms with Crippen molar-refractivity contribution in [1.29, 1.82) is 0 Å². The second-order valence-electron chi connectivity index (χ2n) is 5.34. The Balaban J connectivity index is 2.19. The van der Waals surface area contributed by atoms with E-state index < -0.39 is 37.2 Å². The molecule has 0 bridgehead atoms. The van der Waals surface area contributed by atoms with Crippen molar-refractivity contribution in [2.45, 2.75) is 57.0 Å². The molecule has 0 radical (unpaired) electrons. The number of aliphatic hydroxyl groups excluding tert-OH is 3. The van der Waals surface area contributed by atoms with Crippen LogP contribution in [0.15, 0.2) is 23.3 Å². The van der Waals surface area contributed by atoms with E-state index in [0.29, 0.717) is 5.57 Å². The maximum absolute atomic E-state index is 11.3. The monoisotopic (exact) mass is 298 g/mol. The number of carbonyl (C=O) groups is 1. The van der Waals surface area contributed by atoms with Crippen molar-refractivity contribution in [2.24, 2.45) is 0 Å². The summed E-state index contributed by atoms with van der Waals surface area (Å²) >= 11 is 0. The maximum Gasteiger partial charge on any atom is 0.509 e. The van der Waals surface area contributed by atoms with Crippen molar-refractivity contribution in [1.82, 2.24) is 0 Å². The van der Waals surface area contributed by atoms with Crippen LogP contribution in [0.2, 0.25) is 0 Å². The minimum Gasteiger partial charge on any atom is -0.424 e. The largest absolute Gasteiger partial charge is 0.509 e. The molecule has 2 rings (SSSR count). The van der Waals surface area contributed by atoms with Crippen LogP contribution in [0.25, 0.3) is 0 Å². The Bertz CT molecular complexity index is 441. The van der Waals surface area contributed by atoms with Crippen LogP contribution in [0.1, 0.15) is 32.6 Å². The third kappa shape index (κ3) is 3.28. The van der Waals surface area contributed by atoms with Crippen LogP contribution in [0.5, 0.6) is 0 Å². The molecule has 0 aromatic rings. The summed E-state index contributed by atoms with van der Waals surface area (Å²) in [4.78, 5) is 11.3. The number of hydrogen-bond donors (Lipinski definition) is 3. The van der Waals surface area contributed by atoms with Crippen LogP contribution < -0.4 is 0 Å². The van der Waals surface area contributed by atoms with E-state index in [1.165, 1.54) is 0 Å². The molecule has 2 unspecified atom stereocenters. The van der Waals surface area contributed by atoms with Crippen molar-refractivity contribution in [2.75, 3.05) is 6.61 Å². The molecule has 4 atom stereocenters. The number of carbonyl (C=O) groups excluding carboxylic acids is 1. The van der Waals surface area contributed by atoms with Crippen molar-refractivity contribution in [3.63, 3.8) is 0 Å². The van der Waals surface area contributed by atoms with Crippen LogP contribution in [0.3, 0.4) is 0 Å². The Hall–Kier alpha value is -1.37. The standard InChI is InChI=1S/C15H22O6/c1-2-3-4-5-6-7-9-10(8-16)11(17)12(18)14-13(9)20-15(19)21-14/h6-7,11-14,16-18H,2-5,8H2,1H3/b7-6+/t11-,12-,13?,14?/m0/s1. The van der Waals surface area contributed by atoms with E-state index in [9.17, 15) is 20.1 Å². The second-order valence-corrected chi connectivity index (χ2v) is 5.34. The summed E-state index contributed by atoms with van der Waals surface area (Å²) in [6.07, 6.45) is 2.70. The first-order chi connectivity index (χ1) is 10.1. The van der Waals surface area contributed by atoms with Gasteiger partial charge in [-0.25, -0.2) is 4.79 Å². The molecule has 0 aromatic heterocycles. The number of rotatable bonds is 6. The number of ether oxygens (including phenoxy) is 2. The van der Waals surface area contributed by atoms with Gasteiger partial charge in [-0.05, 0) is 18.4 Å². The second kappa shape index (κ2) is 7.06. The fourth-order valence-electron chi connectivity index (χ4n) is 2.71. The Kier molecular flexibility index (Phi) is 5.39. The molecule has 118 valence electrons. The van der Waals surface area contributed by atoms with Gasteiger partial charge in [0.1, 0.15) is 12.2 Å². The lowest BCUT2D eigenvalue weighted by molar-refractivity contribution is -0.0546. The summed E-state index contributed by atoms with van der Waals surface area (Å²) in [5, 5.41) is 29.4. The highest BCUT2D eigenvalue weighted by atomic mass is 16.8. The molecule has 1 aliphatic carbocycles. The van der Waals surface area contributed by atoms with Gasteiger partial charge in [-0.3, -0.25) is 0 Å². The van der Waals surface area contributed by atoms with Gasteiger partial charge in [-0.1, -0.05) is 31.9 Å². The lowest BCUT2D eigenvalue weighted by Gasteiger charge is -2.33. The van der Waals surface area contributed by atoms with Gasteiger partial charge in [0.15, 0.2) is 12.2 Å². The molecule has 3 N–H and O–H groups in total. The molecular weight excluding hydrogens is 276 g/mol. The third-order valence-electron chi connectivity index (χ3n) is 3.89. The summed E-state index contributed by atoms with van der Waals surface area (Å²) in [5.74, 6) is 0. The first kappa shape index (κ1) is 16.0. The van der Waals surface area contributed by atoms with Crippen molar-refractivity contribution in [3.05, 3.63) is 23.3 Å². The van der Waals surface area contributed by atoms with Gasteiger partial charge in [-0.2, -0.15) is 0 Å². The van der Waals surface area contributed by atoms with Crippen LogP contribution in [0.4, 0.5) is 4.79 Å². The summed E-state index contributed by atoms with van der Waals surface area (Å²) in [6, 6.07) is 0. The summed E-state index contributed by atoms with van der Waals surface area (Å²) in [5.41, 5.74) is 0.788. The predicted molar refractivity (Wildman–Crippen MR) is 74.5 cm³/mol. The number of allylic oxidation sites excluding steroid dienone is 1. The van der Waals surface area contributed by atoms with Crippen LogP contribution >= 0.6 is 0 Å². The van der Waals surface area contributed by atoms with Crippen molar-refractivity contribution in [3.8, 4) is 0 Å². The molecule has 0 amide bonds. The highest BCUT2D eigenvalue weighted by Gasteiger charge is 2.50. The molecule has 1 heterocycles. The summed E-state index contributed by atoms with van der Waals surface area (Å²) in [7, 11) is 0. The normalized spacial score (nSPS) is 32.3. The van der Waals surface area contributed by atoms with E-state index >= 15 is 0 Å². The Labute approximate surface area is 123 Å². The number of aliphatic hydroxyl groups is 3. The minimum atomic E-state index is -1.29. The Morgan fingerprint density at radius 3 is 2.67 bits per heavy atom. The quantitative estimate of drug-likeness (QED) is 0.501. The summed E-state index contributed by atoms with van der Waals surface area (Å²) < 4.78 is 9.95. The third-order valence-corrected chi connectivity index (χ3v) is 3.89. The molecule has 0 saturated carbocycles. The first-order valence-corrected chi connectivity index (χ1v) is 7.33. The van der Waals surface area contributed by atoms with Gasteiger partial charge in [0.05, 0.1) is 6.61 Å². The number of unbranched alkanes of at least 4 members (excludes halogenated alkanes) is 3. The van der Waals surface area contributed by atoms with Gasteiger partial charge in [0.2, 0.25) is 0 Å². The average molecular weight is 298 g/mol. The van der Waals surface area contributed by atoms with Gasteiger partial charge in [0, 0.05) is 5.57 Å². The first-order valence-electron chi connectivity index (χ1n) is 7.33. The van der Waals surface area contributed by atoms with E-state index in [0.717, 1.165) is 25.7 Å². The number of hydrogen-bond acceptors (Lipinski definition) is 6. The predicted octanol–water partition coefficient (Wildman–Crippen LogP) is 1.05. The van der Waals surface area contributed by atoms with Gasteiger partial charge in [0.25, 0.3) is 0 Å². The zero-order valence-corrected chi connectivity index (χ0v) is 12.1. The smallest absolute Gasteiger partial charge is 0.424 e.